The van der Waals surface area contributed by atoms with Gasteiger partial charge in [-0.3, -0.25) is 0 Å². The largest absolute Gasteiger partial charge is 1.00 e. The van der Waals surface area contributed by atoms with E-state index < -0.39 is 23.0 Å². The van der Waals surface area contributed by atoms with Crippen molar-refractivity contribution in [1.82, 2.24) is 0 Å². The molecule has 12 heavy (non-hydrogen) atoms. The first kappa shape index (κ1) is 10.3. The monoisotopic (exact) mass is 194 g/mol. The van der Waals surface area contributed by atoms with Crippen molar-refractivity contribution in [2.75, 3.05) is 0 Å². The van der Waals surface area contributed by atoms with Crippen LogP contribution >= 0.6 is 10.9 Å². The summed E-state index contributed by atoms with van der Waals surface area (Å²) in [7, 11) is -0.469. The number of thiol groups is 1. The van der Waals surface area contributed by atoms with E-state index >= 15 is 0 Å². The summed E-state index contributed by atoms with van der Waals surface area (Å²) < 4.78 is 4.93. The molecule has 0 aromatic carbocycles. The van der Waals surface area contributed by atoms with Gasteiger partial charge in [-0.05, 0) is 10.8 Å². The Morgan fingerprint density at radius 1 is 1.42 bits per heavy atom. The molecule has 0 aromatic heterocycles. The molecule has 5 heteroatoms. The van der Waals surface area contributed by atoms with Gasteiger partial charge in [0, 0.05) is 0 Å². The minimum atomic E-state index is -1.09. The second-order valence-electron chi connectivity index (χ2n) is 2.40. The van der Waals surface area contributed by atoms with Crippen LogP contribution in [0.1, 0.15) is 0 Å². The smallest absolute Gasteiger partial charge is 0.547 e. The van der Waals surface area contributed by atoms with Crippen LogP contribution in [0.5, 0.6) is 0 Å². The molecule has 2 atom stereocenters. The predicted molar refractivity (Wildman–Crippen MR) is 40.9 cm³/mol. The molecular weight excluding hydrogens is 187 g/mol. The van der Waals surface area contributed by atoms with Crippen molar-refractivity contribution in [3.05, 3.63) is 23.0 Å². The third-order valence-electron chi connectivity index (χ3n) is 1.62. The van der Waals surface area contributed by atoms with Gasteiger partial charge in [0.1, 0.15) is 11.5 Å². The molecule has 2 rings (SSSR count). The maximum atomic E-state index is 10.3. The number of hydrogen-bond acceptors (Lipinski definition) is 3. The van der Waals surface area contributed by atoms with Gasteiger partial charge >= 0.3 is 29.6 Å². The Bertz CT molecular complexity index is 239. The van der Waals surface area contributed by atoms with Crippen LogP contribution in [0.2, 0.25) is 0 Å². The molecule has 0 radical (unpaired) electrons. The number of carboxylic acid groups (broad SMARTS) is 1. The summed E-state index contributed by atoms with van der Waals surface area (Å²) in [5, 5.41) is 14.2. The van der Waals surface area contributed by atoms with Crippen LogP contribution in [-0.2, 0) is 9.53 Å². The summed E-state index contributed by atoms with van der Waals surface area (Å²) in [5.41, 5.74) is -0.120. The molecule has 2 heterocycles. The summed E-state index contributed by atoms with van der Waals surface area (Å²) in [5.74, 6) is -1.09. The van der Waals surface area contributed by atoms with Crippen LogP contribution in [0.4, 0.5) is 0 Å². The van der Waals surface area contributed by atoms with Gasteiger partial charge in [0.15, 0.2) is 0 Å². The van der Waals surface area contributed by atoms with Crippen LogP contribution in [0.3, 0.4) is 0 Å². The topological polar surface area (TPSA) is 52.7 Å². The number of carboxylic acids is 1. The SMILES string of the molecule is O=C([O-])C1OC1[SH]1C=CC=C1.[Na+]. The fourth-order valence-electron chi connectivity index (χ4n) is 1.02. The Morgan fingerprint density at radius 3 is 2.42 bits per heavy atom. The molecule has 2 unspecified atom stereocenters. The van der Waals surface area contributed by atoms with E-state index in [0.29, 0.717) is 0 Å². The average molecular weight is 194 g/mol. The van der Waals surface area contributed by atoms with E-state index in [1.807, 2.05) is 23.0 Å². The molecule has 0 aliphatic carbocycles. The van der Waals surface area contributed by atoms with Crippen molar-refractivity contribution >= 4 is 16.9 Å². The van der Waals surface area contributed by atoms with Gasteiger partial charge in [0.25, 0.3) is 0 Å². The van der Waals surface area contributed by atoms with E-state index in [9.17, 15) is 9.90 Å². The number of rotatable bonds is 2. The standard InChI is InChI=1S/C7H8O3S.Na/c8-6(9)5-7(10-5)11-3-1-2-4-11;/h1-5,7,11H,(H,8,9);/q;+1/p-1. The Labute approximate surface area is 95.1 Å². The van der Waals surface area contributed by atoms with Gasteiger partial charge in [-0.15, -0.1) is 0 Å². The zero-order valence-electron chi connectivity index (χ0n) is 6.64. The van der Waals surface area contributed by atoms with Crippen LogP contribution in [0, 0.1) is 0 Å². The Balaban J connectivity index is 0.000000720. The van der Waals surface area contributed by atoms with E-state index in [4.69, 9.17) is 4.74 Å². The predicted octanol–water partition coefficient (Wildman–Crippen LogP) is -3.49. The van der Waals surface area contributed by atoms with Gasteiger partial charge in [-0.25, -0.2) is 0 Å². The minimum Gasteiger partial charge on any atom is -0.547 e. The zero-order valence-corrected chi connectivity index (χ0v) is 9.53. The number of hydrogen-bond donors (Lipinski definition) is 1. The number of aliphatic carboxylic acids is 1. The molecule has 0 saturated carbocycles. The van der Waals surface area contributed by atoms with E-state index in [1.165, 1.54) is 0 Å². The van der Waals surface area contributed by atoms with E-state index in [2.05, 4.69) is 0 Å². The first-order valence-electron chi connectivity index (χ1n) is 3.28. The van der Waals surface area contributed by atoms with Gasteiger partial charge in [0.05, 0.1) is 5.97 Å². The van der Waals surface area contributed by atoms with Crippen molar-refractivity contribution in [2.24, 2.45) is 0 Å². The van der Waals surface area contributed by atoms with Gasteiger partial charge in [-0.2, -0.15) is 10.9 Å². The van der Waals surface area contributed by atoms with Crippen molar-refractivity contribution in [1.29, 1.82) is 0 Å². The second-order valence-corrected chi connectivity index (χ2v) is 4.40. The first-order chi connectivity index (χ1) is 5.29. The molecule has 0 N–H and O–H groups in total. The van der Waals surface area contributed by atoms with Crippen LogP contribution in [0.15, 0.2) is 23.0 Å². The quantitative estimate of drug-likeness (QED) is 0.282. The van der Waals surface area contributed by atoms with Gasteiger partial charge in [-0.1, -0.05) is 12.2 Å². The summed E-state index contributed by atoms with van der Waals surface area (Å²) in [6.45, 7) is 0. The molecule has 3 nitrogen and oxygen atoms in total. The van der Waals surface area contributed by atoms with Crippen molar-refractivity contribution < 1.29 is 44.2 Å². The van der Waals surface area contributed by atoms with Gasteiger partial charge in [0.2, 0.25) is 0 Å². The third kappa shape index (κ3) is 1.95. The summed E-state index contributed by atoms with van der Waals surface area (Å²) in [4.78, 5) is 10.3. The number of carbonyl (C=O) groups is 1. The van der Waals surface area contributed by atoms with Crippen molar-refractivity contribution in [2.45, 2.75) is 11.5 Å². The molecule has 0 amide bonds. The Morgan fingerprint density at radius 2 is 2.00 bits per heavy atom. The summed E-state index contributed by atoms with van der Waals surface area (Å²) in [6.07, 6.45) is 3.17. The number of allylic oxidation sites excluding steroid dienone is 2. The maximum Gasteiger partial charge on any atom is 1.00 e. The van der Waals surface area contributed by atoms with Crippen molar-refractivity contribution in [3.63, 3.8) is 0 Å². The van der Waals surface area contributed by atoms with Gasteiger partial charge < -0.3 is 14.6 Å². The second kappa shape index (κ2) is 3.98. The Kier molecular flexibility index (Phi) is 3.43. The molecule has 0 spiro atoms. The molecule has 0 bridgehead atoms. The summed E-state index contributed by atoms with van der Waals surface area (Å²) in [6, 6.07) is 0. The molecule has 2 aliphatic rings. The Hall–Kier alpha value is 0.260. The molecule has 2 aliphatic heterocycles. The molecular formula is C7H7NaO3S. The maximum absolute atomic E-state index is 10.3. The number of carbonyl (C=O) groups excluding carboxylic acids is 1. The van der Waals surface area contributed by atoms with Crippen LogP contribution in [0.25, 0.3) is 0 Å². The molecule has 1 saturated heterocycles. The first-order valence-corrected chi connectivity index (χ1v) is 4.83. The minimum absolute atomic E-state index is 0. The molecule has 1 fully saturated rings. The summed E-state index contributed by atoms with van der Waals surface area (Å²) >= 11 is 0. The number of epoxide rings is 1. The normalized spacial score (nSPS) is 33.2. The van der Waals surface area contributed by atoms with E-state index in [-0.39, 0.29) is 35.0 Å². The molecule has 0 aromatic rings. The fourth-order valence-corrected chi connectivity index (χ4v) is 2.76. The van der Waals surface area contributed by atoms with Crippen molar-refractivity contribution in [3.8, 4) is 0 Å². The number of ether oxygens (including phenoxy) is 1. The molecule has 60 valence electrons. The van der Waals surface area contributed by atoms with Crippen LogP contribution in [-0.4, -0.2) is 17.5 Å². The van der Waals surface area contributed by atoms with E-state index in [1.54, 1.807) is 0 Å². The van der Waals surface area contributed by atoms with E-state index in [0.717, 1.165) is 0 Å². The fraction of sp³-hybridized carbons (Fsp3) is 0.286. The average Bonchev–Trinajstić information content (AvgIpc) is 2.60. The zero-order chi connectivity index (χ0) is 7.84. The van der Waals surface area contributed by atoms with Crippen LogP contribution < -0.4 is 34.7 Å². The third-order valence-corrected chi connectivity index (χ3v) is 3.64.